The van der Waals surface area contributed by atoms with Gasteiger partial charge < -0.3 is 4.74 Å². The highest BCUT2D eigenvalue weighted by atomic mass is 19.1. The quantitative estimate of drug-likeness (QED) is 0.724. The second kappa shape index (κ2) is 3.45. The summed E-state index contributed by atoms with van der Waals surface area (Å²) >= 11 is 0. The molecule has 2 aromatic rings. The van der Waals surface area contributed by atoms with Crippen molar-refractivity contribution in [3.8, 4) is 11.6 Å². The molecule has 0 bridgehead atoms. The van der Waals surface area contributed by atoms with Crippen molar-refractivity contribution >= 4 is 0 Å². The summed E-state index contributed by atoms with van der Waals surface area (Å²) in [5.41, 5.74) is 0. The number of methoxy groups -OCH3 is 1. The first-order valence-corrected chi connectivity index (χ1v) is 4.01. The van der Waals surface area contributed by atoms with Crippen LogP contribution < -0.4 is 4.74 Å². The van der Waals surface area contributed by atoms with E-state index in [1.54, 1.807) is 18.5 Å². The van der Waals surface area contributed by atoms with Gasteiger partial charge in [0.15, 0.2) is 11.6 Å². The van der Waals surface area contributed by atoms with E-state index in [2.05, 4.69) is 10.1 Å². The van der Waals surface area contributed by atoms with E-state index < -0.39 is 5.82 Å². The summed E-state index contributed by atoms with van der Waals surface area (Å²) in [6, 6.07) is 2.97. The largest absolute Gasteiger partial charge is 0.495 e. The van der Waals surface area contributed by atoms with Gasteiger partial charge in [0.1, 0.15) is 5.75 Å². The second-order valence-electron chi connectivity index (χ2n) is 2.63. The zero-order valence-electron chi connectivity index (χ0n) is 7.51. The number of rotatable bonds is 2. The number of halogens is 1. The second-order valence-corrected chi connectivity index (χ2v) is 2.63. The van der Waals surface area contributed by atoms with Crippen molar-refractivity contribution in [3.63, 3.8) is 0 Å². The Kier molecular flexibility index (Phi) is 2.14. The highest BCUT2D eigenvalue weighted by Crippen LogP contribution is 2.15. The highest BCUT2D eigenvalue weighted by molar-refractivity contribution is 5.29. The minimum Gasteiger partial charge on any atom is -0.495 e. The fourth-order valence-corrected chi connectivity index (χ4v) is 1.09. The van der Waals surface area contributed by atoms with Crippen LogP contribution in [0.3, 0.4) is 0 Å². The molecule has 0 aliphatic carbocycles. The summed E-state index contributed by atoms with van der Waals surface area (Å²) in [5.74, 6) is 0.0854. The molecule has 0 aromatic carbocycles. The Labute approximate surface area is 80.0 Å². The van der Waals surface area contributed by atoms with E-state index in [-0.39, 0.29) is 5.82 Å². The Balaban J connectivity index is 2.46. The molecule has 0 fully saturated rings. The van der Waals surface area contributed by atoms with Crippen LogP contribution in [0.5, 0.6) is 5.75 Å². The minimum absolute atomic E-state index is 0.163. The van der Waals surface area contributed by atoms with Crippen LogP contribution in [-0.2, 0) is 0 Å². The summed E-state index contributed by atoms with van der Waals surface area (Å²) < 4.78 is 19.6. The molecule has 2 heterocycles. The summed E-state index contributed by atoms with van der Waals surface area (Å²) in [6.07, 6.45) is 4.63. The van der Waals surface area contributed by atoms with E-state index in [1.165, 1.54) is 24.1 Å². The predicted octanol–water partition coefficient (Wildman–Crippen LogP) is 1.41. The Morgan fingerprint density at radius 1 is 1.50 bits per heavy atom. The molecule has 0 aliphatic heterocycles. The van der Waals surface area contributed by atoms with Crippen LogP contribution in [0.15, 0.2) is 30.7 Å². The molecule has 2 rings (SSSR count). The van der Waals surface area contributed by atoms with Gasteiger partial charge in [-0.25, -0.2) is 14.1 Å². The van der Waals surface area contributed by atoms with Crippen LogP contribution in [0.2, 0.25) is 0 Å². The molecule has 0 radical (unpaired) electrons. The Hall–Kier alpha value is -1.91. The van der Waals surface area contributed by atoms with Gasteiger partial charge >= 0.3 is 0 Å². The highest BCUT2D eigenvalue weighted by Gasteiger charge is 2.07. The third-order valence-corrected chi connectivity index (χ3v) is 1.75. The van der Waals surface area contributed by atoms with E-state index in [0.29, 0.717) is 5.75 Å². The lowest BCUT2D eigenvalue weighted by Crippen LogP contribution is -2.01. The maximum absolute atomic E-state index is 13.4. The van der Waals surface area contributed by atoms with Gasteiger partial charge in [0.25, 0.3) is 0 Å². The molecule has 5 heteroatoms. The van der Waals surface area contributed by atoms with Gasteiger partial charge in [-0.2, -0.15) is 5.10 Å². The smallest absolute Gasteiger partial charge is 0.189 e. The summed E-state index contributed by atoms with van der Waals surface area (Å²) in [7, 11) is 1.46. The molecule has 0 saturated heterocycles. The summed E-state index contributed by atoms with van der Waals surface area (Å²) in [6.45, 7) is 0. The topological polar surface area (TPSA) is 39.9 Å². The first-order valence-electron chi connectivity index (χ1n) is 4.01. The van der Waals surface area contributed by atoms with Gasteiger partial charge in [-0.15, -0.1) is 0 Å². The van der Waals surface area contributed by atoms with Crippen molar-refractivity contribution in [2.24, 2.45) is 0 Å². The van der Waals surface area contributed by atoms with E-state index in [4.69, 9.17) is 4.74 Å². The van der Waals surface area contributed by atoms with Crippen LogP contribution in [-0.4, -0.2) is 21.9 Å². The van der Waals surface area contributed by atoms with E-state index in [1.807, 2.05) is 0 Å². The Morgan fingerprint density at radius 3 is 2.93 bits per heavy atom. The fourth-order valence-electron chi connectivity index (χ4n) is 1.09. The van der Waals surface area contributed by atoms with Crippen LogP contribution in [0.25, 0.3) is 5.82 Å². The van der Waals surface area contributed by atoms with Gasteiger partial charge in [0, 0.05) is 18.5 Å². The van der Waals surface area contributed by atoms with Gasteiger partial charge in [0.2, 0.25) is 0 Å². The molecule has 72 valence electrons. The van der Waals surface area contributed by atoms with Gasteiger partial charge in [-0.05, 0) is 6.07 Å². The van der Waals surface area contributed by atoms with Crippen molar-refractivity contribution < 1.29 is 9.13 Å². The predicted molar refractivity (Wildman–Crippen MR) is 47.9 cm³/mol. The summed E-state index contributed by atoms with van der Waals surface area (Å²) in [4.78, 5) is 3.89. The molecule has 0 aliphatic rings. The maximum atomic E-state index is 13.4. The van der Waals surface area contributed by atoms with Crippen molar-refractivity contribution in [1.82, 2.24) is 14.8 Å². The average molecular weight is 193 g/mol. The number of hydrogen-bond donors (Lipinski definition) is 0. The minimum atomic E-state index is -0.465. The van der Waals surface area contributed by atoms with E-state index in [9.17, 15) is 4.39 Å². The third-order valence-electron chi connectivity index (χ3n) is 1.75. The molecular formula is C9H8FN3O. The molecule has 0 amide bonds. The molecule has 0 unspecified atom stereocenters. The number of hydrogen-bond acceptors (Lipinski definition) is 3. The zero-order valence-corrected chi connectivity index (χ0v) is 7.51. The summed E-state index contributed by atoms with van der Waals surface area (Å²) in [5, 5.41) is 3.88. The zero-order chi connectivity index (χ0) is 9.97. The molecule has 0 saturated carbocycles. The van der Waals surface area contributed by atoms with Crippen LogP contribution in [0, 0.1) is 5.82 Å². The number of pyridine rings is 1. The van der Waals surface area contributed by atoms with Crippen molar-refractivity contribution in [1.29, 1.82) is 0 Å². The standard InChI is InChI=1S/C9H8FN3O/c1-14-7-5-8(10)9(11-6-7)13-4-2-3-12-13/h2-6H,1H3. The average Bonchev–Trinajstić information content (AvgIpc) is 2.70. The monoisotopic (exact) mass is 193 g/mol. The lowest BCUT2D eigenvalue weighted by Gasteiger charge is -2.03. The van der Waals surface area contributed by atoms with Gasteiger partial charge in [0.05, 0.1) is 13.3 Å². The molecule has 2 aromatic heterocycles. The number of aromatic nitrogens is 3. The normalized spacial score (nSPS) is 10.1. The lowest BCUT2D eigenvalue weighted by atomic mass is 10.4. The van der Waals surface area contributed by atoms with Gasteiger partial charge in [-0.1, -0.05) is 0 Å². The first kappa shape index (κ1) is 8.68. The van der Waals surface area contributed by atoms with Crippen molar-refractivity contribution in [3.05, 3.63) is 36.5 Å². The molecule has 0 atom stereocenters. The van der Waals surface area contributed by atoms with Crippen molar-refractivity contribution in [2.45, 2.75) is 0 Å². The lowest BCUT2D eigenvalue weighted by molar-refractivity contribution is 0.408. The van der Waals surface area contributed by atoms with Crippen LogP contribution in [0.1, 0.15) is 0 Å². The number of nitrogens with zero attached hydrogens (tertiary/aromatic N) is 3. The fraction of sp³-hybridized carbons (Fsp3) is 0.111. The van der Waals surface area contributed by atoms with Crippen molar-refractivity contribution in [2.75, 3.05) is 7.11 Å². The molecule has 14 heavy (non-hydrogen) atoms. The molecule has 4 nitrogen and oxygen atoms in total. The first-order chi connectivity index (χ1) is 6.81. The maximum Gasteiger partial charge on any atom is 0.189 e. The molecule has 0 spiro atoms. The number of ether oxygens (including phenoxy) is 1. The third kappa shape index (κ3) is 1.44. The molecule has 0 N–H and O–H groups in total. The SMILES string of the molecule is COc1cnc(-n2cccn2)c(F)c1. The van der Waals surface area contributed by atoms with Crippen LogP contribution >= 0.6 is 0 Å². The van der Waals surface area contributed by atoms with E-state index >= 15 is 0 Å². The molecular weight excluding hydrogens is 185 g/mol. The Bertz CT molecular complexity index is 428. The van der Waals surface area contributed by atoms with E-state index in [0.717, 1.165) is 0 Å². The van der Waals surface area contributed by atoms with Gasteiger partial charge in [-0.3, -0.25) is 0 Å². The Morgan fingerprint density at radius 2 is 2.36 bits per heavy atom. The van der Waals surface area contributed by atoms with Crippen LogP contribution in [0.4, 0.5) is 4.39 Å².